The van der Waals surface area contributed by atoms with Gasteiger partial charge in [0.15, 0.2) is 0 Å². The minimum absolute atomic E-state index is 0.259. The van der Waals surface area contributed by atoms with Gasteiger partial charge in [0.2, 0.25) is 0 Å². The van der Waals surface area contributed by atoms with Gasteiger partial charge in [-0.3, -0.25) is 9.69 Å². The number of anilines is 2. The Kier molecular flexibility index (Phi) is 5.07. The molecule has 0 aromatic heterocycles. The van der Waals surface area contributed by atoms with Crippen LogP contribution in [0.25, 0.3) is 0 Å². The van der Waals surface area contributed by atoms with Crippen molar-refractivity contribution in [1.82, 2.24) is 0 Å². The van der Waals surface area contributed by atoms with E-state index >= 15 is 0 Å². The molecule has 0 bridgehead atoms. The number of carbonyl (C=O) groups is 1. The highest BCUT2D eigenvalue weighted by Gasteiger charge is 2.36. The quantitative estimate of drug-likeness (QED) is 0.551. The zero-order chi connectivity index (χ0) is 19.7. The Morgan fingerprint density at radius 1 is 0.857 bits per heavy atom. The fourth-order valence-electron chi connectivity index (χ4n) is 3.17. The van der Waals surface area contributed by atoms with E-state index in [1.807, 2.05) is 0 Å². The van der Waals surface area contributed by atoms with Crippen LogP contribution in [0.2, 0.25) is 10.0 Å². The number of nitrogens with zero attached hydrogens (tertiary/aromatic N) is 1. The average molecular weight is 413 g/mol. The first-order valence-electron chi connectivity index (χ1n) is 8.61. The maximum Gasteiger partial charge on any atom is 0.275 e. The normalized spacial score (nSPS) is 16.2. The van der Waals surface area contributed by atoms with Crippen molar-refractivity contribution < 1.29 is 9.18 Å². The number of hydrogen-bond acceptors (Lipinski definition) is 2. The van der Waals surface area contributed by atoms with Crippen LogP contribution in [-0.4, -0.2) is 5.91 Å². The molecule has 1 aliphatic heterocycles. The minimum Gasteiger partial charge on any atom is -0.351 e. The summed E-state index contributed by atoms with van der Waals surface area (Å²) < 4.78 is 14.5. The molecule has 0 saturated carbocycles. The van der Waals surface area contributed by atoms with Crippen molar-refractivity contribution in [3.05, 3.63) is 106 Å². The molecule has 1 atom stereocenters. The minimum atomic E-state index is -0.579. The molecular formula is C22H15Cl2FN2O. The van der Waals surface area contributed by atoms with E-state index in [0.717, 1.165) is 0 Å². The summed E-state index contributed by atoms with van der Waals surface area (Å²) in [6.45, 7) is 0. The van der Waals surface area contributed by atoms with E-state index in [2.05, 4.69) is 5.32 Å². The van der Waals surface area contributed by atoms with E-state index in [4.69, 9.17) is 23.2 Å². The lowest BCUT2D eigenvalue weighted by molar-refractivity contribution is -0.114. The number of carbonyl (C=O) groups excluding carboxylic acids is 1. The van der Waals surface area contributed by atoms with Crippen molar-refractivity contribution in [2.75, 3.05) is 10.2 Å². The number of amides is 1. The number of halogens is 3. The second kappa shape index (κ2) is 7.66. The topological polar surface area (TPSA) is 32.3 Å². The number of rotatable bonds is 4. The summed E-state index contributed by atoms with van der Waals surface area (Å²) in [6, 6.07) is 19.8. The summed E-state index contributed by atoms with van der Waals surface area (Å²) in [5, 5.41) is 4.27. The lowest BCUT2D eigenvalue weighted by Crippen LogP contribution is -2.31. The Bertz CT molecular complexity index is 1050. The predicted octanol–water partition coefficient (Wildman–Crippen LogP) is 6.22. The van der Waals surface area contributed by atoms with Gasteiger partial charge in [0, 0.05) is 27.0 Å². The second-order valence-corrected chi connectivity index (χ2v) is 7.20. The molecule has 0 aliphatic carbocycles. The molecule has 1 N–H and O–H groups in total. The largest absolute Gasteiger partial charge is 0.351 e. The van der Waals surface area contributed by atoms with Crippen LogP contribution >= 0.6 is 23.2 Å². The fourth-order valence-corrected chi connectivity index (χ4v) is 3.42. The Hall–Kier alpha value is -2.82. The molecule has 0 radical (unpaired) electrons. The van der Waals surface area contributed by atoms with E-state index in [-0.39, 0.29) is 11.7 Å². The van der Waals surface area contributed by atoms with Crippen molar-refractivity contribution in [3.63, 3.8) is 0 Å². The molecule has 4 rings (SSSR count). The molecule has 1 amide bonds. The number of benzene rings is 3. The zero-order valence-electron chi connectivity index (χ0n) is 14.6. The molecule has 0 fully saturated rings. The Balaban J connectivity index is 1.74. The highest BCUT2D eigenvalue weighted by atomic mass is 35.5. The van der Waals surface area contributed by atoms with Gasteiger partial charge >= 0.3 is 0 Å². The molecule has 3 nitrogen and oxygen atoms in total. The maximum atomic E-state index is 14.5. The molecule has 1 heterocycles. The van der Waals surface area contributed by atoms with Gasteiger partial charge in [-0.1, -0.05) is 41.4 Å². The van der Waals surface area contributed by atoms with Crippen LogP contribution in [0.5, 0.6) is 0 Å². The lowest BCUT2D eigenvalue weighted by Gasteiger charge is -2.25. The van der Waals surface area contributed by atoms with E-state index in [0.29, 0.717) is 32.7 Å². The number of nitrogens with one attached hydrogen (secondary N) is 1. The Morgan fingerprint density at radius 3 is 2.11 bits per heavy atom. The van der Waals surface area contributed by atoms with E-state index in [9.17, 15) is 9.18 Å². The van der Waals surface area contributed by atoms with Crippen molar-refractivity contribution in [1.29, 1.82) is 0 Å². The molecule has 0 saturated heterocycles. The SMILES string of the molecule is O=C1C(Nc2ccc(Cl)cc2)=C[C@H](c2ccccc2F)N1c1ccc(Cl)cc1. The van der Waals surface area contributed by atoms with Gasteiger partial charge in [0.05, 0.1) is 6.04 Å². The Morgan fingerprint density at radius 2 is 1.46 bits per heavy atom. The monoisotopic (exact) mass is 412 g/mol. The summed E-state index contributed by atoms with van der Waals surface area (Å²) in [6.07, 6.45) is 1.73. The van der Waals surface area contributed by atoms with Crippen LogP contribution in [-0.2, 0) is 4.79 Å². The van der Waals surface area contributed by atoms with Crippen LogP contribution in [0.1, 0.15) is 11.6 Å². The molecule has 1 aliphatic rings. The van der Waals surface area contributed by atoms with Crippen LogP contribution in [0.3, 0.4) is 0 Å². The van der Waals surface area contributed by atoms with Gasteiger partial charge in [-0.05, 0) is 60.7 Å². The summed E-state index contributed by atoms with van der Waals surface area (Å²) in [7, 11) is 0. The first kappa shape index (κ1) is 18.5. The van der Waals surface area contributed by atoms with Gasteiger partial charge < -0.3 is 5.32 Å². The molecule has 140 valence electrons. The van der Waals surface area contributed by atoms with E-state index in [1.54, 1.807) is 77.7 Å². The van der Waals surface area contributed by atoms with Gasteiger partial charge in [-0.25, -0.2) is 4.39 Å². The third-order valence-corrected chi connectivity index (χ3v) is 5.01. The highest BCUT2D eigenvalue weighted by molar-refractivity contribution is 6.31. The molecule has 28 heavy (non-hydrogen) atoms. The number of hydrogen-bond donors (Lipinski definition) is 1. The van der Waals surface area contributed by atoms with E-state index in [1.165, 1.54) is 6.07 Å². The summed E-state index contributed by atoms with van der Waals surface area (Å²) in [4.78, 5) is 14.7. The standard InChI is InChI=1S/C22H15Cl2FN2O/c23-14-5-9-16(10-6-14)26-20-13-21(18-3-1-2-4-19(18)25)27(22(20)28)17-11-7-15(24)8-12-17/h1-13,21,26H/t21-/m1/s1. The first-order valence-corrected chi connectivity index (χ1v) is 9.36. The summed E-state index contributed by atoms with van der Waals surface area (Å²) in [5.41, 5.74) is 2.13. The van der Waals surface area contributed by atoms with Crippen LogP contribution in [0.15, 0.2) is 84.6 Å². The van der Waals surface area contributed by atoms with Crippen LogP contribution < -0.4 is 10.2 Å². The predicted molar refractivity (Wildman–Crippen MR) is 111 cm³/mol. The van der Waals surface area contributed by atoms with Crippen LogP contribution in [0, 0.1) is 5.82 Å². The van der Waals surface area contributed by atoms with Gasteiger partial charge in [-0.2, -0.15) is 0 Å². The van der Waals surface area contributed by atoms with Gasteiger partial charge in [0.25, 0.3) is 5.91 Å². The van der Waals surface area contributed by atoms with Gasteiger partial charge in [-0.15, -0.1) is 0 Å². The van der Waals surface area contributed by atoms with E-state index < -0.39 is 6.04 Å². The molecule has 3 aromatic rings. The van der Waals surface area contributed by atoms with Crippen molar-refractivity contribution in [2.45, 2.75) is 6.04 Å². The third-order valence-electron chi connectivity index (χ3n) is 4.50. The second-order valence-electron chi connectivity index (χ2n) is 6.33. The molecular weight excluding hydrogens is 398 g/mol. The third kappa shape index (κ3) is 3.61. The van der Waals surface area contributed by atoms with Crippen molar-refractivity contribution in [3.8, 4) is 0 Å². The molecule has 0 spiro atoms. The molecule has 0 unspecified atom stereocenters. The fraction of sp³-hybridized carbons (Fsp3) is 0.0455. The average Bonchev–Trinajstić information content (AvgIpc) is 3.01. The maximum absolute atomic E-state index is 14.5. The molecule has 3 aromatic carbocycles. The zero-order valence-corrected chi connectivity index (χ0v) is 16.1. The molecule has 6 heteroatoms. The first-order chi connectivity index (χ1) is 13.5. The van der Waals surface area contributed by atoms with Crippen LogP contribution in [0.4, 0.5) is 15.8 Å². The summed E-state index contributed by atoms with van der Waals surface area (Å²) >= 11 is 11.9. The summed E-state index contributed by atoms with van der Waals surface area (Å²) in [5.74, 6) is -0.631. The lowest BCUT2D eigenvalue weighted by atomic mass is 10.1. The Labute approximate surface area is 172 Å². The smallest absolute Gasteiger partial charge is 0.275 e. The van der Waals surface area contributed by atoms with Gasteiger partial charge in [0.1, 0.15) is 11.5 Å². The van der Waals surface area contributed by atoms with Crippen molar-refractivity contribution in [2.24, 2.45) is 0 Å². The highest BCUT2D eigenvalue weighted by Crippen LogP contribution is 2.37. The van der Waals surface area contributed by atoms with Crippen molar-refractivity contribution >= 4 is 40.5 Å².